The number of benzene rings is 1. The van der Waals surface area contributed by atoms with Gasteiger partial charge in [-0.15, -0.1) is 5.10 Å². The monoisotopic (exact) mass is 474 g/mol. The maximum Gasteiger partial charge on any atom is 0.241 e. The number of aromatic nitrogens is 5. The van der Waals surface area contributed by atoms with Gasteiger partial charge in [0.05, 0.1) is 34.7 Å². The summed E-state index contributed by atoms with van der Waals surface area (Å²) in [6.07, 6.45) is 2.40. The van der Waals surface area contributed by atoms with Crippen LogP contribution in [0.2, 0.25) is 10.0 Å². The van der Waals surface area contributed by atoms with Crippen molar-refractivity contribution in [3.63, 3.8) is 0 Å². The average molecular weight is 475 g/mol. The Bertz CT molecular complexity index is 1290. The Morgan fingerprint density at radius 1 is 1.23 bits per heavy atom. The molecule has 0 unspecified atom stereocenters. The fraction of sp³-hybridized carbons (Fsp3) is 0.211. The van der Waals surface area contributed by atoms with Crippen molar-refractivity contribution >= 4 is 61.6 Å². The molecule has 1 aromatic carbocycles. The highest BCUT2D eigenvalue weighted by Gasteiger charge is 2.31. The number of amides is 1. The van der Waals surface area contributed by atoms with Crippen molar-refractivity contribution in [3.8, 4) is 11.4 Å². The molecular formula is C19H16Cl2N8OS. The van der Waals surface area contributed by atoms with E-state index < -0.39 is 0 Å². The Morgan fingerprint density at radius 2 is 2.10 bits per heavy atom. The number of pyridine rings is 1. The standard InChI is InChI=1S/C19H16Cl2N8OS/c20-9-1-2-12(11(21)5-9)24-17(30)15-6-10(7-23-15)29-8-16(27-28-29)13-3-4-14-18(25-13)31-19(22)26-14/h1-5,8,10,15,23H,6-7H2,(H2,22,26)(H,24,30)/t10-,15-/m0/s1. The summed E-state index contributed by atoms with van der Waals surface area (Å²) in [4.78, 5) is 22.2. The molecule has 0 aliphatic carbocycles. The molecule has 1 aliphatic rings. The molecule has 4 aromatic rings. The van der Waals surface area contributed by atoms with Crippen LogP contribution in [0.3, 0.4) is 0 Å². The summed E-state index contributed by atoms with van der Waals surface area (Å²) in [6, 6.07) is 8.26. The molecule has 0 saturated carbocycles. The van der Waals surface area contributed by atoms with Crippen LogP contribution >= 0.6 is 34.5 Å². The fourth-order valence-electron chi connectivity index (χ4n) is 3.48. The van der Waals surface area contributed by atoms with Gasteiger partial charge >= 0.3 is 0 Å². The average Bonchev–Trinajstić information content (AvgIpc) is 3.47. The van der Waals surface area contributed by atoms with E-state index in [1.807, 2.05) is 18.3 Å². The molecule has 1 aliphatic heterocycles. The van der Waals surface area contributed by atoms with Crippen LogP contribution in [-0.4, -0.2) is 43.5 Å². The van der Waals surface area contributed by atoms with E-state index in [1.54, 1.807) is 22.9 Å². The quantitative estimate of drug-likeness (QED) is 0.414. The molecule has 1 fully saturated rings. The van der Waals surface area contributed by atoms with E-state index in [2.05, 4.69) is 30.9 Å². The molecule has 9 nitrogen and oxygen atoms in total. The van der Waals surface area contributed by atoms with Crippen LogP contribution in [0.4, 0.5) is 10.8 Å². The number of nitrogens with two attached hydrogens (primary N) is 1. The molecule has 158 valence electrons. The highest BCUT2D eigenvalue weighted by molar-refractivity contribution is 7.21. The number of rotatable bonds is 4. The SMILES string of the molecule is Nc1nc2ccc(-c3cn([C@@H]4CN[C@H](C(=O)Nc5ccc(Cl)cc5Cl)C4)nn3)nc2s1. The molecule has 5 rings (SSSR count). The number of anilines is 2. The zero-order valence-corrected chi connectivity index (χ0v) is 18.2. The molecule has 2 atom stereocenters. The first-order valence-electron chi connectivity index (χ1n) is 9.41. The molecule has 12 heteroatoms. The number of hydrogen-bond donors (Lipinski definition) is 3. The number of nitrogen functional groups attached to an aromatic ring is 1. The van der Waals surface area contributed by atoms with Crippen molar-refractivity contribution < 1.29 is 4.79 Å². The van der Waals surface area contributed by atoms with Gasteiger partial charge in [0.15, 0.2) is 5.13 Å². The number of nitrogens with zero attached hydrogens (tertiary/aromatic N) is 5. The lowest BCUT2D eigenvalue weighted by Crippen LogP contribution is -2.35. The Balaban J connectivity index is 1.27. The third-order valence-electron chi connectivity index (χ3n) is 5.03. The van der Waals surface area contributed by atoms with Gasteiger partial charge in [-0.05, 0) is 36.8 Å². The summed E-state index contributed by atoms with van der Waals surface area (Å²) in [6.45, 7) is 0.590. The van der Waals surface area contributed by atoms with Crippen LogP contribution in [0.1, 0.15) is 12.5 Å². The lowest BCUT2D eigenvalue weighted by Gasteiger charge is -2.12. The van der Waals surface area contributed by atoms with Gasteiger partial charge in [-0.1, -0.05) is 39.8 Å². The van der Waals surface area contributed by atoms with Gasteiger partial charge < -0.3 is 16.4 Å². The van der Waals surface area contributed by atoms with Crippen molar-refractivity contribution in [1.82, 2.24) is 30.3 Å². The number of halogens is 2. The summed E-state index contributed by atoms with van der Waals surface area (Å²) in [7, 11) is 0. The zero-order valence-electron chi connectivity index (χ0n) is 15.9. The van der Waals surface area contributed by atoms with Crippen LogP contribution in [0, 0.1) is 0 Å². The molecule has 0 spiro atoms. The van der Waals surface area contributed by atoms with Gasteiger partial charge in [-0.2, -0.15) is 0 Å². The Hall–Kier alpha value is -2.79. The van der Waals surface area contributed by atoms with E-state index in [4.69, 9.17) is 28.9 Å². The molecule has 4 heterocycles. The third kappa shape index (κ3) is 4.07. The van der Waals surface area contributed by atoms with Gasteiger partial charge in [0.25, 0.3) is 0 Å². The number of nitrogens with one attached hydrogen (secondary N) is 2. The van der Waals surface area contributed by atoms with E-state index in [0.717, 1.165) is 10.3 Å². The Morgan fingerprint density at radius 3 is 2.94 bits per heavy atom. The molecule has 1 saturated heterocycles. The summed E-state index contributed by atoms with van der Waals surface area (Å²) >= 11 is 13.4. The fourth-order valence-corrected chi connectivity index (χ4v) is 4.64. The smallest absolute Gasteiger partial charge is 0.241 e. The minimum absolute atomic E-state index is 0.0135. The Kier molecular flexibility index (Phi) is 5.22. The maximum absolute atomic E-state index is 12.6. The molecule has 1 amide bonds. The van der Waals surface area contributed by atoms with Gasteiger partial charge in [-0.3, -0.25) is 4.79 Å². The molecule has 0 radical (unpaired) electrons. The van der Waals surface area contributed by atoms with E-state index >= 15 is 0 Å². The highest BCUT2D eigenvalue weighted by atomic mass is 35.5. The van der Waals surface area contributed by atoms with Gasteiger partial charge in [-0.25, -0.2) is 14.6 Å². The van der Waals surface area contributed by atoms with Crippen LogP contribution in [0.5, 0.6) is 0 Å². The van der Waals surface area contributed by atoms with E-state index in [-0.39, 0.29) is 18.0 Å². The van der Waals surface area contributed by atoms with Crippen molar-refractivity contribution in [2.75, 3.05) is 17.6 Å². The second-order valence-electron chi connectivity index (χ2n) is 7.12. The largest absolute Gasteiger partial charge is 0.375 e. The van der Waals surface area contributed by atoms with E-state index in [1.165, 1.54) is 11.3 Å². The zero-order chi connectivity index (χ0) is 21.5. The second-order valence-corrected chi connectivity index (χ2v) is 8.97. The highest BCUT2D eigenvalue weighted by Crippen LogP contribution is 2.28. The Labute approximate surface area is 190 Å². The molecule has 31 heavy (non-hydrogen) atoms. The van der Waals surface area contributed by atoms with Crippen molar-refractivity contribution in [3.05, 3.63) is 46.6 Å². The third-order valence-corrected chi connectivity index (χ3v) is 6.37. The molecule has 3 aromatic heterocycles. The van der Waals surface area contributed by atoms with E-state index in [0.29, 0.717) is 45.2 Å². The minimum atomic E-state index is -0.376. The number of carbonyl (C=O) groups is 1. The number of thiazole rings is 1. The molecule has 0 bridgehead atoms. The van der Waals surface area contributed by atoms with Crippen molar-refractivity contribution in [2.24, 2.45) is 0 Å². The summed E-state index contributed by atoms with van der Waals surface area (Å²) in [5.41, 5.74) is 8.37. The topological polar surface area (TPSA) is 124 Å². The van der Waals surface area contributed by atoms with Crippen molar-refractivity contribution in [1.29, 1.82) is 0 Å². The first-order valence-corrected chi connectivity index (χ1v) is 11.0. The first-order chi connectivity index (χ1) is 15.0. The molecular weight excluding hydrogens is 459 g/mol. The number of hydrogen-bond acceptors (Lipinski definition) is 8. The normalized spacial score (nSPS) is 18.5. The maximum atomic E-state index is 12.6. The second kappa shape index (κ2) is 8.04. The van der Waals surface area contributed by atoms with Crippen LogP contribution in [-0.2, 0) is 4.79 Å². The van der Waals surface area contributed by atoms with Gasteiger partial charge in [0.1, 0.15) is 16.0 Å². The lowest BCUT2D eigenvalue weighted by molar-refractivity contribution is -0.117. The van der Waals surface area contributed by atoms with Crippen LogP contribution < -0.4 is 16.4 Å². The lowest BCUT2D eigenvalue weighted by atomic mass is 10.1. The van der Waals surface area contributed by atoms with E-state index in [9.17, 15) is 4.79 Å². The minimum Gasteiger partial charge on any atom is -0.375 e. The van der Waals surface area contributed by atoms with Crippen LogP contribution in [0.25, 0.3) is 21.7 Å². The van der Waals surface area contributed by atoms with Gasteiger partial charge in [0, 0.05) is 11.6 Å². The van der Waals surface area contributed by atoms with Gasteiger partial charge in [0.2, 0.25) is 5.91 Å². The molecule has 4 N–H and O–H groups in total. The summed E-state index contributed by atoms with van der Waals surface area (Å²) < 4.78 is 1.76. The summed E-state index contributed by atoms with van der Waals surface area (Å²) in [5, 5.41) is 15.9. The predicted molar refractivity (Wildman–Crippen MR) is 121 cm³/mol. The summed E-state index contributed by atoms with van der Waals surface area (Å²) in [5.74, 6) is -0.165. The first kappa shape index (κ1) is 20.1. The number of carbonyl (C=O) groups excluding carboxylic acids is 1. The number of fused-ring (bicyclic) bond motifs is 1. The predicted octanol–water partition coefficient (Wildman–Crippen LogP) is 3.38. The van der Waals surface area contributed by atoms with Crippen LogP contribution in [0.15, 0.2) is 36.5 Å². The van der Waals surface area contributed by atoms with Crippen molar-refractivity contribution in [2.45, 2.75) is 18.5 Å².